The average Bonchev–Trinajstić information content (AvgIpc) is 2.98. The predicted octanol–water partition coefficient (Wildman–Crippen LogP) is 3.15. The summed E-state index contributed by atoms with van der Waals surface area (Å²) in [5, 5.41) is 33.1. The Morgan fingerprint density at radius 1 is 0.857 bits per heavy atom. The maximum atomic E-state index is 12.7. The highest BCUT2D eigenvalue weighted by molar-refractivity contribution is 6.00. The molecule has 1 unspecified atom stereocenters. The van der Waals surface area contributed by atoms with E-state index < -0.39 is 17.6 Å². The molecule has 2 N–H and O–H groups in total. The third-order valence-corrected chi connectivity index (χ3v) is 5.04. The molecule has 1 amide bonds. The lowest BCUT2D eigenvalue weighted by Crippen LogP contribution is -2.45. The first-order valence-electron chi connectivity index (χ1n) is 8.72. The van der Waals surface area contributed by atoms with Crippen LogP contribution in [0.1, 0.15) is 44.1 Å². The molecule has 3 aromatic rings. The Kier molecular flexibility index (Phi) is 4.16. The van der Waals surface area contributed by atoms with Gasteiger partial charge in [-0.05, 0) is 23.3 Å². The number of aliphatic hydroxyl groups is 1. The van der Waals surface area contributed by atoms with E-state index in [9.17, 15) is 20.4 Å². The molecule has 1 aliphatic heterocycles. The first-order chi connectivity index (χ1) is 13.6. The maximum absolute atomic E-state index is 12.7. The summed E-state index contributed by atoms with van der Waals surface area (Å²) >= 11 is 0. The smallest absolute Gasteiger partial charge is 0.254 e. The highest BCUT2D eigenvalue weighted by Gasteiger charge is 2.49. The summed E-state index contributed by atoms with van der Waals surface area (Å²) in [5.74, 6) is -1.07. The third kappa shape index (κ3) is 2.63. The Hall–Kier alpha value is -3.93. The van der Waals surface area contributed by atoms with Crippen molar-refractivity contribution < 1.29 is 9.90 Å². The van der Waals surface area contributed by atoms with E-state index in [0.29, 0.717) is 5.56 Å². The molecule has 3 aromatic carbocycles. The SMILES string of the molecule is N#Cc1cc2c(cc1C#N)C(O)(C(c1ccccc1)c1ccccc1)NC2=O. The van der Waals surface area contributed by atoms with E-state index >= 15 is 0 Å². The fourth-order valence-corrected chi connectivity index (χ4v) is 3.79. The van der Waals surface area contributed by atoms with E-state index in [2.05, 4.69) is 5.32 Å². The van der Waals surface area contributed by atoms with Crippen LogP contribution >= 0.6 is 0 Å². The van der Waals surface area contributed by atoms with Gasteiger partial charge in [0.2, 0.25) is 0 Å². The molecule has 0 fully saturated rings. The van der Waals surface area contributed by atoms with E-state index in [1.165, 1.54) is 12.1 Å². The second kappa shape index (κ2) is 6.66. The fraction of sp³-hybridized carbons (Fsp3) is 0.0870. The highest BCUT2D eigenvalue weighted by atomic mass is 16.3. The number of carbonyl (C=O) groups is 1. The van der Waals surface area contributed by atoms with Gasteiger partial charge in [-0.15, -0.1) is 0 Å². The normalized spacial score (nSPS) is 17.5. The van der Waals surface area contributed by atoms with Gasteiger partial charge >= 0.3 is 0 Å². The van der Waals surface area contributed by atoms with Crippen molar-refractivity contribution in [2.75, 3.05) is 0 Å². The van der Waals surface area contributed by atoms with Gasteiger partial charge < -0.3 is 10.4 Å². The summed E-state index contributed by atoms with van der Waals surface area (Å²) in [4.78, 5) is 12.7. The van der Waals surface area contributed by atoms with E-state index in [-0.39, 0.29) is 16.7 Å². The summed E-state index contributed by atoms with van der Waals surface area (Å²) in [7, 11) is 0. The molecule has 0 spiro atoms. The lowest BCUT2D eigenvalue weighted by molar-refractivity contribution is -0.00187. The third-order valence-electron chi connectivity index (χ3n) is 5.04. The first-order valence-corrected chi connectivity index (χ1v) is 8.72. The topological polar surface area (TPSA) is 96.9 Å². The van der Waals surface area contributed by atoms with Crippen molar-refractivity contribution in [3.8, 4) is 12.1 Å². The van der Waals surface area contributed by atoms with Crippen LogP contribution in [-0.2, 0) is 5.72 Å². The Bertz CT molecular complexity index is 1100. The van der Waals surface area contributed by atoms with E-state index in [0.717, 1.165) is 11.1 Å². The number of nitrogens with zero attached hydrogens (tertiary/aromatic N) is 2. The largest absolute Gasteiger partial charge is 0.366 e. The number of amides is 1. The monoisotopic (exact) mass is 365 g/mol. The molecule has 1 aliphatic rings. The van der Waals surface area contributed by atoms with Crippen LogP contribution in [0.25, 0.3) is 0 Å². The molecule has 0 aliphatic carbocycles. The van der Waals surface area contributed by atoms with Crippen molar-refractivity contribution in [1.82, 2.24) is 5.32 Å². The minimum atomic E-state index is -1.76. The van der Waals surface area contributed by atoms with Crippen LogP contribution in [-0.4, -0.2) is 11.0 Å². The minimum absolute atomic E-state index is 0.108. The number of hydrogen-bond acceptors (Lipinski definition) is 4. The molecule has 5 nitrogen and oxygen atoms in total. The molecule has 0 saturated carbocycles. The lowest BCUT2D eigenvalue weighted by Gasteiger charge is -2.34. The van der Waals surface area contributed by atoms with Crippen LogP contribution < -0.4 is 5.32 Å². The van der Waals surface area contributed by atoms with Crippen LogP contribution in [0.2, 0.25) is 0 Å². The summed E-state index contributed by atoms with van der Waals surface area (Å²) < 4.78 is 0. The highest BCUT2D eigenvalue weighted by Crippen LogP contribution is 2.44. The van der Waals surface area contributed by atoms with Gasteiger partial charge in [-0.2, -0.15) is 10.5 Å². The predicted molar refractivity (Wildman–Crippen MR) is 102 cm³/mol. The van der Waals surface area contributed by atoms with Crippen LogP contribution in [0.15, 0.2) is 72.8 Å². The lowest BCUT2D eigenvalue weighted by atomic mass is 9.78. The van der Waals surface area contributed by atoms with Gasteiger partial charge in [0, 0.05) is 11.1 Å². The summed E-state index contributed by atoms with van der Waals surface area (Å²) in [6.45, 7) is 0. The van der Waals surface area contributed by atoms with Gasteiger partial charge in [-0.25, -0.2) is 0 Å². The fourth-order valence-electron chi connectivity index (χ4n) is 3.79. The Morgan fingerprint density at radius 3 is 1.86 bits per heavy atom. The quantitative estimate of drug-likeness (QED) is 0.745. The van der Waals surface area contributed by atoms with Crippen molar-refractivity contribution in [3.05, 3.63) is 106 Å². The molecule has 0 bridgehead atoms. The molecule has 1 heterocycles. The molecule has 5 heteroatoms. The van der Waals surface area contributed by atoms with E-state index in [1.807, 2.05) is 72.8 Å². The molecule has 0 saturated heterocycles. The zero-order chi connectivity index (χ0) is 19.7. The summed E-state index contributed by atoms with van der Waals surface area (Å²) in [6, 6.07) is 25.5. The second-order valence-electron chi connectivity index (χ2n) is 6.64. The number of nitriles is 2. The Labute approximate surface area is 162 Å². The Balaban J connectivity index is 1.98. The van der Waals surface area contributed by atoms with Crippen LogP contribution in [0.4, 0.5) is 0 Å². The molecule has 134 valence electrons. The average molecular weight is 365 g/mol. The van der Waals surface area contributed by atoms with Crippen molar-refractivity contribution in [2.24, 2.45) is 0 Å². The van der Waals surface area contributed by atoms with Gasteiger partial charge in [0.1, 0.15) is 12.1 Å². The number of fused-ring (bicyclic) bond motifs is 1. The van der Waals surface area contributed by atoms with Gasteiger partial charge in [0.05, 0.1) is 17.0 Å². The standard InChI is InChI=1S/C23H15N3O2/c24-13-17-11-19-20(12-18(17)14-25)23(28,26-22(19)27)21(15-7-3-1-4-8-15)16-9-5-2-6-10-16/h1-12,21,28H,(H,26,27). The second-order valence-corrected chi connectivity index (χ2v) is 6.64. The number of carbonyl (C=O) groups excluding carboxylic acids is 1. The zero-order valence-electron chi connectivity index (χ0n) is 14.8. The van der Waals surface area contributed by atoms with E-state index in [4.69, 9.17) is 0 Å². The molecule has 28 heavy (non-hydrogen) atoms. The van der Waals surface area contributed by atoms with Gasteiger partial charge in [-0.3, -0.25) is 4.79 Å². The summed E-state index contributed by atoms with van der Waals surface area (Å²) in [6.07, 6.45) is 0. The van der Waals surface area contributed by atoms with Crippen molar-refractivity contribution in [1.29, 1.82) is 10.5 Å². The molecule has 4 rings (SSSR count). The van der Waals surface area contributed by atoms with Crippen LogP contribution in [0, 0.1) is 22.7 Å². The summed E-state index contributed by atoms with van der Waals surface area (Å²) in [5.41, 5.74) is 0.599. The number of rotatable bonds is 3. The van der Waals surface area contributed by atoms with Crippen molar-refractivity contribution in [2.45, 2.75) is 11.6 Å². The van der Waals surface area contributed by atoms with Gasteiger partial charge in [0.15, 0.2) is 5.72 Å². The molecular formula is C23H15N3O2. The molecule has 0 radical (unpaired) electrons. The first kappa shape index (κ1) is 17.5. The number of nitrogens with one attached hydrogen (secondary N) is 1. The zero-order valence-corrected chi connectivity index (χ0v) is 14.8. The van der Waals surface area contributed by atoms with Crippen molar-refractivity contribution >= 4 is 5.91 Å². The van der Waals surface area contributed by atoms with Crippen LogP contribution in [0.5, 0.6) is 0 Å². The Morgan fingerprint density at radius 2 is 1.36 bits per heavy atom. The van der Waals surface area contributed by atoms with Crippen LogP contribution in [0.3, 0.4) is 0 Å². The molecule has 1 atom stereocenters. The molecule has 0 aromatic heterocycles. The van der Waals surface area contributed by atoms with Gasteiger partial charge in [0.25, 0.3) is 5.91 Å². The van der Waals surface area contributed by atoms with Gasteiger partial charge in [-0.1, -0.05) is 60.7 Å². The number of benzene rings is 3. The van der Waals surface area contributed by atoms with Crippen molar-refractivity contribution in [3.63, 3.8) is 0 Å². The number of hydrogen-bond donors (Lipinski definition) is 2. The minimum Gasteiger partial charge on any atom is -0.366 e. The van der Waals surface area contributed by atoms with E-state index in [1.54, 1.807) is 0 Å². The maximum Gasteiger partial charge on any atom is 0.254 e. The molecular weight excluding hydrogens is 350 g/mol.